The van der Waals surface area contributed by atoms with Crippen molar-refractivity contribution < 1.29 is 43.5 Å². The predicted octanol–water partition coefficient (Wildman–Crippen LogP) is -2.05. The Hall–Kier alpha value is 0.600. The summed E-state index contributed by atoms with van der Waals surface area (Å²) in [6.45, 7) is 3.50. The van der Waals surface area contributed by atoms with Gasteiger partial charge in [0.15, 0.2) is 0 Å². The van der Waals surface area contributed by atoms with Crippen molar-refractivity contribution >= 4 is 8.25 Å². The SMILES string of the molecule is CC(C)=CO[P+](=O)[O-].[Na+]. The molecule has 0 aromatic heterocycles. The molecule has 3 nitrogen and oxygen atoms in total. The van der Waals surface area contributed by atoms with Gasteiger partial charge in [0.2, 0.25) is 0 Å². The molecule has 0 aliphatic rings. The fourth-order valence-corrected chi connectivity index (χ4v) is 0.445. The molecule has 0 amide bonds. The maximum atomic E-state index is 9.67. The molecule has 46 valence electrons. The van der Waals surface area contributed by atoms with E-state index in [1.807, 2.05) is 0 Å². The van der Waals surface area contributed by atoms with Gasteiger partial charge in [-0.2, -0.15) is 0 Å². The van der Waals surface area contributed by atoms with Crippen LogP contribution in [-0.2, 0) is 9.09 Å². The first-order valence-corrected chi connectivity index (χ1v) is 3.17. The van der Waals surface area contributed by atoms with Crippen LogP contribution in [0.5, 0.6) is 0 Å². The summed E-state index contributed by atoms with van der Waals surface area (Å²) in [4.78, 5) is 9.67. The molecule has 0 aromatic carbocycles. The van der Waals surface area contributed by atoms with Gasteiger partial charge in [-0.3, -0.25) is 4.52 Å². The topological polar surface area (TPSA) is 49.4 Å². The van der Waals surface area contributed by atoms with Crippen molar-refractivity contribution in [1.29, 1.82) is 0 Å². The smallest absolute Gasteiger partial charge is 0.558 e. The van der Waals surface area contributed by atoms with Gasteiger partial charge in [0.25, 0.3) is 0 Å². The second-order valence-corrected chi connectivity index (χ2v) is 2.18. The fourth-order valence-electron chi connectivity index (χ4n) is 0.148. The molecule has 0 saturated heterocycles. The van der Waals surface area contributed by atoms with Crippen LogP contribution in [0, 0.1) is 0 Å². The standard InChI is InChI=1S/C4H7O3P.Na/c1-4(2)3-7-8(5)6;/h3H,1-2H3;/q;+1. The van der Waals surface area contributed by atoms with E-state index in [1.54, 1.807) is 13.8 Å². The van der Waals surface area contributed by atoms with Gasteiger partial charge < -0.3 is 4.89 Å². The summed E-state index contributed by atoms with van der Waals surface area (Å²) in [5, 5.41) is 0. The Labute approximate surface area is 77.3 Å². The monoisotopic (exact) mass is 157 g/mol. The molecule has 0 aromatic rings. The van der Waals surface area contributed by atoms with Crippen LogP contribution in [0.4, 0.5) is 0 Å². The van der Waals surface area contributed by atoms with Crippen LogP contribution >= 0.6 is 8.25 Å². The third-order valence-electron chi connectivity index (χ3n) is 0.374. The normalized spacial score (nSPS) is 9.00. The van der Waals surface area contributed by atoms with E-state index < -0.39 is 8.25 Å². The maximum absolute atomic E-state index is 9.67. The largest absolute Gasteiger partial charge is 1.00 e. The molecule has 0 N–H and O–H groups in total. The first-order chi connectivity index (χ1) is 3.63. The molecule has 0 radical (unpaired) electrons. The third-order valence-corrected chi connectivity index (χ3v) is 0.652. The van der Waals surface area contributed by atoms with Crippen molar-refractivity contribution in [3.63, 3.8) is 0 Å². The molecule has 0 bridgehead atoms. The molecule has 9 heavy (non-hydrogen) atoms. The summed E-state index contributed by atoms with van der Waals surface area (Å²) in [6.07, 6.45) is 1.19. The molecule has 0 aliphatic heterocycles. The quantitative estimate of drug-likeness (QED) is 0.263. The Bertz CT molecular complexity index is 119. The maximum Gasteiger partial charge on any atom is 1.00 e. The van der Waals surface area contributed by atoms with Gasteiger partial charge in [0.1, 0.15) is 6.26 Å². The molecule has 0 aliphatic carbocycles. The molecule has 0 fully saturated rings. The molecule has 5 heteroatoms. The Morgan fingerprint density at radius 3 is 2.22 bits per heavy atom. The van der Waals surface area contributed by atoms with Crippen LogP contribution < -0.4 is 34.5 Å². The van der Waals surface area contributed by atoms with Crippen molar-refractivity contribution in [2.75, 3.05) is 0 Å². The van der Waals surface area contributed by atoms with Crippen molar-refractivity contribution in [1.82, 2.24) is 0 Å². The van der Waals surface area contributed by atoms with Crippen LogP contribution in [0.1, 0.15) is 13.8 Å². The summed E-state index contributed by atoms with van der Waals surface area (Å²) in [5.41, 5.74) is 0.823. The zero-order valence-corrected chi connectivity index (χ0v) is 8.64. The molecule has 0 heterocycles. The number of hydrogen-bond acceptors (Lipinski definition) is 3. The summed E-state index contributed by atoms with van der Waals surface area (Å²) in [6, 6.07) is 0. The minimum atomic E-state index is -2.71. The van der Waals surface area contributed by atoms with E-state index in [0.29, 0.717) is 0 Å². The van der Waals surface area contributed by atoms with E-state index >= 15 is 0 Å². The number of rotatable bonds is 2. The van der Waals surface area contributed by atoms with Gasteiger partial charge >= 0.3 is 37.8 Å². The molecule has 0 rings (SSSR count). The first kappa shape index (κ1) is 12.3. The van der Waals surface area contributed by atoms with Crippen LogP contribution in [-0.4, -0.2) is 0 Å². The Kier molecular flexibility index (Phi) is 9.17. The van der Waals surface area contributed by atoms with Crippen LogP contribution in [0.2, 0.25) is 0 Å². The van der Waals surface area contributed by atoms with Crippen molar-refractivity contribution in [2.24, 2.45) is 0 Å². The fraction of sp³-hybridized carbons (Fsp3) is 0.500. The van der Waals surface area contributed by atoms with E-state index in [9.17, 15) is 9.46 Å². The minimum absolute atomic E-state index is 0. The van der Waals surface area contributed by atoms with E-state index in [-0.39, 0.29) is 29.6 Å². The summed E-state index contributed by atoms with van der Waals surface area (Å²) in [5.74, 6) is 0. The Morgan fingerprint density at radius 1 is 1.67 bits per heavy atom. The van der Waals surface area contributed by atoms with Gasteiger partial charge in [0, 0.05) is 0 Å². The van der Waals surface area contributed by atoms with Gasteiger partial charge in [-0.15, -0.1) is 0 Å². The molecule has 0 saturated carbocycles. The second-order valence-electron chi connectivity index (χ2n) is 1.52. The van der Waals surface area contributed by atoms with Gasteiger partial charge in [0.05, 0.1) is 0 Å². The van der Waals surface area contributed by atoms with Gasteiger partial charge in [-0.05, 0) is 24.0 Å². The molecule has 0 spiro atoms. The van der Waals surface area contributed by atoms with Crippen molar-refractivity contribution in [3.05, 3.63) is 11.8 Å². The van der Waals surface area contributed by atoms with Crippen LogP contribution in [0.3, 0.4) is 0 Å². The van der Waals surface area contributed by atoms with Crippen molar-refractivity contribution in [3.8, 4) is 0 Å². The average Bonchev–Trinajstić information content (AvgIpc) is 1.61. The zero-order valence-electron chi connectivity index (χ0n) is 5.75. The van der Waals surface area contributed by atoms with Crippen molar-refractivity contribution in [2.45, 2.75) is 13.8 Å². The summed E-state index contributed by atoms with van der Waals surface area (Å²) >= 11 is 0. The predicted molar refractivity (Wildman–Crippen MR) is 28.1 cm³/mol. The third kappa shape index (κ3) is 11.9. The summed E-state index contributed by atoms with van der Waals surface area (Å²) in [7, 11) is -2.71. The zero-order chi connectivity index (χ0) is 6.57. The second kappa shape index (κ2) is 6.72. The molecule has 1 unspecified atom stereocenters. The van der Waals surface area contributed by atoms with Gasteiger partial charge in [-0.25, -0.2) is 0 Å². The molecule has 1 atom stereocenters. The van der Waals surface area contributed by atoms with E-state index in [2.05, 4.69) is 4.52 Å². The van der Waals surface area contributed by atoms with E-state index in [4.69, 9.17) is 0 Å². The number of hydrogen-bond donors (Lipinski definition) is 0. The van der Waals surface area contributed by atoms with Crippen LogP contribution in [0.15, 0.2) is 11.8 Å². The van der Waals surface area contributed by atoms with Crippen LogP contribution in [0.25, 0.3) is 0 Å². The Morgan fingerprint density at radius 2 is 2.11 bits per heavy atom. The van der Waals surface area contributed by atoms with Gasteiger partial charge in [-0.1, -0.05) is 0 Å². The Balaban J connectivity index is 0. The molecular weight excluding hydrogens is 150 g/mol. The molecular formula is C4H7NaO3P+. The average molecular weight is 157 g/mol. The summed E-state index contributed by atoms with van der Waals surface area (Å²) < 4.78 is 13.8. The minimum Gasteiger partial charge on any atom is -0.558 e. The first-order valence-electron chi connectivity index (χ1n) is 2.07. The van der Waals surface area contributed by atoms with E-state index in [1.165, 1.54) is 6.26 Å². The van der Waals surface area contributed by atoms with E-state index in [0.717, 1.165) is 5.57 Å². The number of allylic oxidation sites excluding steroid dienone is 1.